The summed E-state index contributed by atoms with van der Waals surface area (Å²) in [5.41, 5.74) is 3.28. The fourth-order valence-electron chi connectivity index (χ4n) is 4.15. The highest BCUT2D eigenvalue weighted by Crippen LogP contribution is 2.40. The molecule has 1 aromatic rings. The van der Waals surface area contributed by atoms with Crippen LogP contribution in [-0.4, -0.2) is 28.8 Å². The molecule has 0 heterocycles. The maximum absolute atomic E-state index is 11.2. The number of fused-ring (bicyclic) bond motifs is 1. The van der Waals surface area contributed by atoms with Crippen LogP contribution in [0.15, 0.2) is 23.3 Å². The first-order valence-electron chi connectivity index (χ1n) is 8.79. The highest BCUT2D eigenvalue weighted by atomic mass is 16.6. The number of anilines is 1. The van der Waals surface area contributed by atoms with Crippen molar-refractivity contribution in [3.63, 3.8) is 0 Å². The van der Waals surface area contributed by atoms with Gasteiger partial charge in [-0.2, -0.15) is 5.10 Å². The number of nitrogens with one attached hydrogen (secondary N) is 1. The molecule has 26 heavy (non-hydrogen) atoms. The van der Waals surface area contributed by atoms with E-state index in [-0.39, 0.29) is 23.2 Å². The summed E-state index contributed by atoms with van der Waals surface area (Å²) in [4.78, 5) is 20.8. The minimum absolute atomic E-state index is 0.161. The lowest BCUT2D eigenvalue weighted by Gasteiger charge is -2.41. The lowest BCUT2D eigenvalue weighted by molar-refractivity contribution is -0.393. The van der Waals surface area contributed by atoms with Crippen LogP contribution in [0.3, 0.4) is 0 Å². The molecule has 0 radical (unpaired) electrons. The number of benzene rings is 1. The van der Waals surface area contributed by atoms with Crippen molar-refractivity contribution < 1.29 is 14.6 Å². The van der Waals surface area contributed by atoms with Gasteiger partial charge in [-0.3, -0.25) is 25.7 Å². The molecule has 0 unspecified atom stereocenters. The summed E-state index contributed by atoms with van der Waals surface area (Å²) >= 11 is 0. The van der Waals surface area contributed by atoms with Crippen LogP contribution in [0.2, 0.25) is 0 Å². The summed E-state index contributed by atoms with van der Waals surface area (Å²) in [6, 6.07) is 3.52. The van der Waals surface area contributed by atoms with Gasteiger partial charge in [-0.25, -0.2) is 0 Å². The molecule has 0 saturated heterocycles. The number of ether oxygens (including phenoxy) is 1. The summed E-state index contributed by atoms with van der Waals surface area (Å²) in [6.45, 7) is 0. The minimum Gasteiger partial charge on any atom is -0.381 e. The van der Waals surface area contributed by atoms with Gasteiger partial charge in [0, 0.05) is 24.8 Å². The van der Waals surface area contributed by atoms with Gasteiger partial charge in [-0.1, -0.05) is 12.8 Å². The number of nitro benzene ring substituents is 2. The normalized spacial score (nSPS) is 27.0. The minimum atomic E-state index is -0.651. The van der Waals surface area contributed by atoms with Crippen LogP contribution < -0.4 is 5.43 Å². The van der Waals surface area contributed by atoms with Gasteiger partial charge in [0.05, 0.1) is 22.0 Å². The first-order chi connectivity index (χ1) is 12.5. The van der Waals surface area contributed by atoms with Gasteiger partial charge < -0.3 is 4.74 Å². The predicted molar refractivity (Wildman–Crippen MR) is 96.3 cm³/mol. The summed E-state index contributed by atoms with van der Waals surface area (Å²) in [5, 5.41) is 26.5. The zero-order valence-corrected chi connectivity index (χ0v) is 14.6. The van der Waals surface area contributed by atoms with Crippen LogP contribution >= 0.6 is 0 Å². The van der Waals surface area contributed by atoms with E-state index in [1.54, 1.807) is 7.11 Å². The second-order valence-electron chi connectivity index (χ2n) is 6.80. The summed E-state index contributed by atoms with van der Waals surface area (Å²) < 4.78 is 5.63. The van der Waals surface area contributed by atoms with E-state index in [4.69, 9.17) is 4.74 Å². The average molecular weight is 362 g/mol. The van der Waals surface area contributed by atoms with Crippen LogP contribution in [-0.2, 0) is 4.74 Å². The van der Waals surface area contributed by atoms with Crippen LogP contribution in [0, 0.1) is 32.1 Å². The Morgan fingerprint density at radius 1 is 1.15 bits per heavy atom. The van der Waals surface area contributed by atoms with Crippen LogP contribution in [0.1, 0.15) is 38.5 Å². The molecule has 2 aliphatic rings. The Hall–Kier alpha value is -2.55. The number of rotatable bonds is 5. The average Bonchev–Trinajstić information content (AvgIpc) is 2.65. The van der Waals surface area contributed by atoms with Gasteiger partial charge in [-0.15, -0.1) is 0 Å². The van der Waals surface area contributed by atoms with E-state index < -0.39 is 9.85 Å². The molecule has 0 amide bonds. The first kappa shape index (κ1) is 18.2. The van der Waals surface area contributed by atoms with Crippen LogP contribution in [0.5, 0.6) is 0 Å². The molecule has 0 bridgehead atoms. The van der Waals surface area contributed by atoms with Crippen LogP contribution in [0.4, 0.5) is 17.1 Å². The standard InChI is InChI=1S/C17H22N4O5/c1-26-17-9-8-14(12-4-2-3-5-13(12)17)18-19-15-7-6-11(20(22)23)10-16(15)21(24)25/h6-7,10,12-13,17,19H,2-5,8-9H2,1H3/b18-14+/t12-,13-,17+/m0/s1. The van der Waals surface area contributed by atoms with Crippen molar-refractivity contribution in [1.82, 2.24) is 0 Å². The second kappa shape index (κ2) is 7.77. The molecule has 1 N–H and O–H groups in total. The number of hydrazone groups is 1. The van der Waals surface area contributed by atoms with E-state index in [1.165, 1.54) is 18.6 Å². The topological polar surface area (TPSA) is 120 Å². The van der Waals surface area contributed by atoms with Crippen molar-refractivity contribution in [3.8, 4) is 0 Å². The zero-order valence-electron chi connectivity index (χ0n) is 14.6. The first-order valence-corrected chi connectivity index (χ1v) is 8.79. The Morgan fingerprint density at radius 3 is 2.62 bits per heavy atom. The quantitative estimate of drug-likeness (QED) is 0.627. The molecule has 9 heteroatoms. The molecule has 0 aromatic heterocycles. The van der Waals surface area contributed by atoms with Crippen molar-refractivity contribution in [1.29, 1.82) is 0 Å². The van der Waals surface area contributed by atoms with Gasteiger partial charge >= 0.3 is 5.69 Å². The Bertz CT molecular complexity index is 736. The molecule has 9 nitrogen and oxygen atoms in total. The zero-order chi connectivity index (χ0) is 18.7. The number of hydrogen-bond donors (Lipinski definition) is 1. The van der Waals surface area contributed by atoms with Crippen molar-refractivity contribution in [2.45, 2.75) is 44.6 Å². The Kier molecular flexibility index (Phi) is 5.46. The third kappa shape index (κ3) is 3.67. The molecule has 2 fully saturated rings. The third-order valence-corrected chi connectivity index (χ3v) is 5.42. The second-order valence-corrected chi connectivity index (χ2v) is 6.80. The van der Waals surface area contributed by atoms with E-state index in [1.807, 2.05) is 0 Å². The fourth-order valence-corrected chi connectivity index (χ4v) is 4.15. The monoisotopic (exact) mass is 362 g/mol. The van der Waals surface area contributed by atoms with E-state index >= 15 is 0 Å². The molecular weight excluding hydrogens is 340 g/mol. The molecule has 140 valence electrons. The van der Waals surface area contributed by atoms with E-state index in [0.29, 0.717) is 11.8 Å². The summed E-state index contributed by atoms with van der Waals surface area (Å²) in [7, 11) is 1.75. The van der Waals surface area contributed by atoms with Crippen molar-refractivity contribution in [2.24, 2.45) is 16.9 Å². The summed E-state index contributed by atoms with van der Waals surface area (Å²) in [6.07, 6.45) is 6.42. The molecule has 2 aliphatic carbocycles. The number of methoxy groups -OCH3 is 1. The summed E-state index contributed by atoms with van der Waals surface area (Å²) in [5.74, 6) is 0.766. The van der Waals surface area contributed by atoms with Crippen molar-refractivity contribution in [3.05, 3.63) is 38.4 Å². The number of hydrogen-bond acceptors (Lipinski definition) is 7. The van der Waals surface area contributed by atoms with E-state index in [2.05, 4.69) is 10.5 Å². The highest BCUT2D eigenvalue weighted by Gasteiger charge is 2.38. The maximum Gasteiger partial charge on any atom is 0.301 e. The van der Waals surface area contributed by atoms with Gasteiger partial charge in [0.15, 0.2) is 0 Å². The molecule has 3 atom stereocenters. The van der Waals surface area contributed by atoms with Gasteiger partial charge in [-0.05, 0) is 37.7 Å². The molecule has 0 spiro atoms. The smallest absolute Gasteiger partial charge is 0.301 e. The largest absolute Gasteiger partial charge is 0.381 e. The Morgan fingerprint density at radius 2 is 1.92 bits per heavy atom. The van der Waals surface area contributed by atoms with Gasteiger partial charge in [0.2, 0.25) is 0 Å². The van der Waals surface area contributed by atoms with Crippen LogP contribution in [0.25, 0.3) is 0 Å². The number of nitro groups is 2. The molecule has 2 saturated carbocycles. The van der Waals surface area contributed by atoms with Crippen molar-refractivity contribution in [2.75, 3.05) is 12.5 Å². The molecule has 3 rings (SSSR count). The van der Waals surface area contributed by atoms with E-state index in [0.717, 1.165) is 43.9 Å². The maximum atomic E-state index is 11.2. The van der Waals surface area contributed by atoms with E-state index in [9.17, 15) is 20.2 Å². The van der Waals surface area contributed by atoms with Gasteiger partial charge in [0.1, 0.15) is 5.69 Å². The van der Waals surface area contributed by atoms with Crippen molar-refractivity contribution >= 4 is 22.8 Å². The molecule has 1 aromatic carbocycles. The number of nitrogens with zero attached hydrogens (tertiary/aromatic N) is 3. The third-order valence-electron chi connectivity index (χ3n) is 5.42. The lowest BCUT2D eigenvalue weighted by Crippen LogP contribution is -2.41. The highest BCUT2D eigenvalue weighted by molar-refractivity contribution is 5.89. The Balaban J connectivity index is 1.83. The Labute approximate surface area is 150 Å². The number of non-ortho nitro benzene ring substituents is 1. The fraction of sp³-hybridized carbons (Fsp3) is 0.588. The molecule has 0 aliphatic heterocycles. The van der Waals surface area contributed by atoms with Gasteiger partial charge in [0.25, 0.3) is 5.69 Å². The predicted octanol–water partition coefficient (Wildman–Crippen LogP) is 3.89. The molecular formula is C17H22N4O5. The lowest BCUT2D eigenvalue weighted by atomic mass is 9.68. The SMILES string of the molecule is CO[C@@H]1CC/C(=N\Nc2ccc([N+](=O)[O-])cc2[N+](=O)[O-])[C@H]2CCCC[C@@H]21.